The molecule has 1 aromatic rings. The Balaban J connectivity index is 1.73. The van der Waals surface area contributed by atoms with Gasteiger partial charge < -0.3 is 10.0 Å². The van der Waals surface area contributed by atoms with Crippen molar-refractivity contribution in [2.24, 2.45) is 0 Å². The predicted octanol–water partition coefficient (Wildman–Crippen LogP) is 0.355. The van der Waals surface area contributed by atoms with E-state index in [1.165, 1.54) is 5.56 Å². The average molecular weight is 249 g/mol. The number of aromatic nitrogens is 2. The van der Waals surface area contributed by atoms with Gasteiger partial charge in [-0.1, -0.05) is 0 Å². The van der Waals surface area contributed by atoms with Gasteiger partial charge in [0.2, 0.25) is 5.91 Å². The van der Waals surface area contributed by atoms with Crippen molar-refractivity contribution >= 4 is 5.91 Å². The van der Waals surface area contributed by atoms with Crippen LogP contribution in [0.5, 0.6) is 0 Å². The zero-order valence-corrected chi connectivity index (χ0v) is 10.5. The van der Waals surface area contributed by atoms with Crippen LogP contribution in [-0.2, 0) is 24.2 Å². The largest absolute Gasteiger partial charge is 0.393 e. The summed E-state index contributed by atoms with van der Waals surface area (Å²) >= 11 is 0. The molecule has 2 heterocycles. The number of rotatable bonds is 2. The van der Waals surface area contributed by atoms with Crippen LogP contribution in [0.4, 0.5) is 0 Å². The lowest BCUT2D eigenvalue weighted by Gasteiger charge is -2.20. The van der Waals surface area contributed by atoms with Crippen LogP contribution >= 0.6 is 0 Å². The number of aryl methyl sites for hydroxylation is 1. The maximum Gasteiger partial charge on any atom is 0.244 e. The first kappa shape index (κ1) is 11.7. The van der Waals surface area contributed by atoms with Gasteiger partial charge in [-0.3, -0.25) is 9.48 Å². The SMILES string of the molecule is O=C(Cn1ncc2c1CC(O)CC2)N1CCCC1. The van der Waals surface area contributed by atoms with Crippen molar-refractivity contribution in [1.29, 1.82) is 0 Å². The van der Waals surface area contributed by atoms with Gasteiger partial charge in [-0.25, -0.2) is 0 Å². The summed E-state index contributed by atoms with van der Waals surface area (Å²) in [4.78, 5) is 14.0. The highest BCUT2D eigenvalue weighted by atomic mass is 16.3. The van der Waals surface area contributed by atoms with Crippen molar-refractivity contribution in [2.45, 2.75) is 44.8 Å². The fourth-order valence-electron chi connectivity index (χ4n) is 2.87. The molecule has 0 radical (unpaired) electrons. The fraction of sp³-hybridized carbons (Fsp3) is 0.692. The molecule has 3 rings (SSSR count). The first-order valence-corrected chi connectivity index (χ1v) is 6.73. The Kier molecular flexibility index (Phi) is 3.07. The molecule has 0 bridgehead atoms. The molecule has 0 spiro atoms. The molecule has 18 heavy (non-hydrogen) atoms. The Hall–Kier alpha value is -1.36. The molecule has 5 heteroatoms. The Labute approximate surface area is 106 Å². The van der Waals surface area contributed by atoms with Crippen molar-refractivity contribution in [1.82, 2.24) is 14.7 Å². The Morgan fingerprint density at radius 3 is 3.00 bits per heavy atom. The summed E-state index contributed by atoms with van der Waals surface area (Å²) in [5.41, 5.74) is 2.23. The van der Waals surface area contributed by atoms with Crippen molar-refractivity contribution < 1.29 is 9.90 Å². The van der Waals surface area contributed by atoms with E-state index in [1.54, 1.807) is 4.68 Å². The monoisotopic (exact) mass is 249 g/mol. The Morgan fingerprint density at radius 1 is 1.44 bits per heavy atom. The number of carbonyl (C=O) groups is 1. The average Bonchev–Trinajstić information content (AvgIpc) is 2.99. The van der Waals surface area contributed by atoms with E-state index in [1.807, 2.05) is 11.1 Å². The maximum absolute atomic E-state index is 12.1. The number of aliphatic hydroxyl groups excluding tert-OH is 1. The van der Waals surface area contributed by atoms with E-state index in [0.29, 0.717) is 13.0 Å². The van der Waals surface area contributed by atoms with Gasteiger partial charge in [0.05, 0.1) is 12.3 Å². The molecule has 0 aromatic carbocycles. The number of amides is 1. The van der Waals surface area contributed by atoms with Gasteiger partial charge in [-0.2, -0.15) is 5.10 Å². The molecule has 1 aliphatic carbocycles. The Morgan fingerprint density at radius 2 is 2.22 bits per heavy atom. The first-order chi connectivity index (χ1) is 8.74. The molecule has 1 aromatic heterocycles. The summed E-state index contributed by atoms with van der Waals surface area (Å²) in [6, 6.07) is 0. The van der Waals surface area contributed by atoms with Crippen LogP contribution in [0.3, 0.4) is 0 Å². The van der Waals surface area contributed by atoms with Gasteiger partial charge in [0.15, 0.2) is 0 Å². The molecule has 1 N–H and O–H groups in total. The van der Waals surface area contributed by atoms with Crippen LogP contribution in [0.15, 0.2) is 6.20 Å². The second-order valence-corrected chi connectivity index (χ2v) is 5.26. The molecular formula is C13H19N3O2. The molecule has 1 fully saturated rings. The van der Waals surface area contributed by atoms with Crippen LogP contribution in [0.2, 0.25) is 0 Å². The fourth-order valence-corrected chi connectivity index (χ4v) is 2.87. The predicted molar refractivity (Wildman–Crippen MR) is 66.1 cm³/mol. The van der Waals surface area contributed by atoms with Gasteiger partial charge in [0.1, 0.15) is 6.54 Å². The lowest BCUT2D eigenvalue weighted by atomic mass is 9.96. The number of likely N-dealkylation sites (tertiary alicyclic amines) is 1. The minimum absolute atomic E-state index is 0.151. The molecule has 1 unspecified atom stereocenters. The number of hydrogen-bond donors (Lipinski definition) is 1. The zero-order valence-electron chi connectivity index (χ0n) is 10.5. The number of carbonyl (C=O) groups excluding carboxylic acids is 1. The molecule has 1 saturated heterocycles. The van der Waals surface area contributed by atoms with Crippen molar-refractivity contribution in [3.8, 4) is 0 Å². The summed E-state index contributed by atoms with van der Waals surface area (Å²) in [5, 5.41) is 14.0. The number of fused-ring (bicyclic) bond motifs is 1. The summed E-state index contributed by atoms with van der Waals surface area (Å²) in [7, 11) is 0. The highest BCUT2D eigenvalue weighted by Gasteiger charge is 2.24. The van der Waals surface area contributed by atoms with Gasteiger partial charge in [0.25, 0.3) is 0 Å². The molecule has 2 aliphatic rings. The highest BCUT2D eigenvalue weighted by molar-refractivity contribution is 5.76. The summed E-state index contributed by atoms with van der Waals surface area (Å²) < 4.78 is 1.78. The minimum atomic E-state index is -0.283. The van der Waals surface area contributed by atoms with E-state index in [2.05, 4.69) is 5.10 Å². The summed E-state index contributed by atoms with van der Waals surface area (Å²) in [6.45, 7) is 2.08. The smallest absolute Gasteiger partial charge is 0.244 e. The third kappa shape index (κ3) is 2.14. The van der Waals surface area contributed by atoms with E-state index in [9.17, 15) is 9.90 Å². The first-order valence-electron chi connectivity index (χ1n) is 6.73. The van der Waals surface area contributed by atoms with Crippen LogP contribution in [0.1, 0.15) is 30.5 Å². The van der Waals surface area contributed by atoms with E-state index < -0.39 is 0 Å². The van der Waals surface area contributed by atoms with E-state index >= 15 is 0 Å². The molecule has 1 amide bonds. The van der Waals surface area contributed by atoms with E-state index in [0.717, 1.165) is 44.5 Å². The van der Waals surface area contributed by atoms with Crippen molar-refractivity contribution in [3.63, 3.8) is 0 Å². The molecule has 1 aliphatic heterocycles. The van der Waals surface area contributed by atoms with Crippen molar-refractivity contribution in [2.75, 3.05) is 13.1 Å². The number of nitrogens with zero attached hydrogens (tertiary/aromatic N) is 3. The van der Waals surface area contributed by atoms with Gasteiger partial charge in [-0.15, -0.1) is 0 Å². The third-order valence-corrected chi connectivity index (χ3v) is 3.95. The lowest BCUT2D eigenvalue weighted by Crippen LogP contribution is -2.32. The zero-order chi connectivity index (χ0) is 12.5. The standard InChI is InChI=1S/C13H19N3O2/c17-11-4-3-10-8-14-16(12(10)7-11)9-13(18)15-5-1-2-6-15/h8,11,17H,1-7,9H2. The number of aliphatic hydroxyl groups is 1. The quantitative estimate of drug-likeness (QED) is 0.823. The normalized spacial score (nSPS) is 23.2. The third-order valence-electron chi connectivity index (χ3n) is 3.95. The van der Waals surface area contributed by atoms with Gasteiger partial charge in [-0.05, 0) is 31.2 Å². The van der Waals surface area contributed by atoms with Crippen LogP contribution < -0.4 is 0 Å². The molecule has 1 atom stereocenters. The van der Waals surface area contributed by atoms with Crippen molar-refractivity contribution in [3.05, 3.63) is 17.5 Å². The molecule has 5 nitrogen and oxygen atoms in total. The molecule has 0 saturated carbocycles. The van der Waals surface area contributed by atoms with Crippen LogP contribution in [0, 0.1) is 0 Å². The Bertz CT molecular complexity index is 449. The molecule has 98 valence electrons. The highest BCUT2D eigenvalue weighted by Crippen LogP contribution is 2.21. The second kappa shape index (κ2) is 4.72. The van der Waals surface area contributed by atoms with Gasteiger partial charge >= 0.3 is 0 Å². The topological polar surface area (TPSA) is 58.4 Å². The summed E-state index contributed by atoms with van der Waals surface area (Å²) in [5.74, 6) is 0.151. The van der Waals surface area contributed by atoms with E-state index in [4.69, 9.17) is 0 Å². The number of hydrogen-bond acceptors (Lipinski definition) is 3. The van der Waals surface area contributed by atoms with Crippen LogP contribution in [0.25, 0.3) is 0 Å². The lowest BCUT2D eigenvalue weighted by molar-refractivity contribution is -0.131. The summed E-state index contributed by atoms with van der Waals surface area (Å²) in [6.07, 6.45) is 6.09. The second-order valence-electron chi connectivity index (χ2n) is 5.26. The molecular weight excluding hydrogens is 230 g/mol. The minimum Gasteiger partial charge on any atom is -0.393 e. The van der Waals surface area contributed by atoms with E-state index in [-0.39, 0.29) is 12.0 Å². The maximum atomic E-state index is 12.1. The van der Waals surface area contributed by atoms with Gasteiger partial charge in [0, 0.05) is 25.2 Å². The van der Waals surface area contributed by atoms with Crippen LogP contribution in [-0.4, -0.2) is 44.9 Å².